The number of hydrogen-bond donors (Lipinski definition) is 2. The van der Waals surface area contributed by atoms with E-state index in [2.05, 4.69) is 5.32 Å². The summed E-state index contributed by atoms with van der Waals surface area (Å²) in [5.74, 6) is -0.611. The van der Waals surface area contributed by atoms with E-state index in [1.165, 1.54) is 0 Å². The number of aryl methyl sites for hydroxylation is 1. The summed E-state index contributed by atoms with van der Waals surface area (Å²) in [5.41, 5.74) is 7.48. The van der Waals surface area contributed by atoms with Crippen LogP contribution in [0.5, 0.6) is 0 Å². The van der Waals surface area contributed by atoms with Gasteiger partial charge in [-0.1, -0.05) is 6.07 Å². The first kappa shape index (κ1) is 12.4. The number of piperazine rings is 1. The number of imide groups is 1. The number of nitrogens with zero attached hydrogens (tertiary/aromatic N) is 1. The monoisotopic (exact) mass is 247 g/mol. The molecule has 3 N–H and O–H groups in total. The molecule has 0 aromatic heterocycles. The van der Waals surface area contributed by atoms with E-state index in [-0.39, 0.29) is 18.4 Å². The van der Waals surface area contributed by atoms with Crippen LogP contribution in [0.1, 0.15) is 19.4 Å². The lowest BCUT2D eigenvalue weighted by Crippen LogP contribution is -2.64. The van der Waals surface area contributed by atoms with E-state index >= 15 is 0 Å². The van der Waals surface area contributed by atoms with Crippen molar-refractivity contribution in [2.75, 3.05) is 17.2 Å². The summed E-state index contributed by atoms with van der Waals surface area (Å²) in [7, 11) is 0. The average molecular weight is 247 g/mol. The Kier molecular flexibility index (Phi) is 2.77. The number of nitrogens with one attached hydrogen (secondary N) is 1. The van der Waals surface area contributed by atoms with Crippen LogP contribution < -0.4 is 16.0 Å². The van der Waals surface area contributed by atoms with Crippen LogP contribution in [0.2, 0.25) is 0 Å². The molecule has 1 heterocycles. The fourth-order valence-electron chi connectivity index (χ4n) is 2.06. The maximum absolute atomic E-state index is 11.9. The number of anilines is 2. The van der Waals surface area contributed by atoms with Crippen LogP contribution in [0.15, 0.2) is 18.2 Å². The van der Waals surface area contributed by atoms with Crippen molar-refractivity contribution in [1.82, 2.24) is 5.32 Å². The number of benzene rings is 1. The molecular weight excluding hydrogens is 230 g/mol. The molecule has 0 bridgehead atoms. The first-order valence-electron chi connectivity index (χ1n) is 5.80. The second-order valence-corrected chi connectivity index (χ2v) is 5.08. The molecule has 1 aromatic carbocycles. The molecule has 0 unspecified atom stereocenters. The first-order chi connectivity index (χ1) is 8.32. The molecule has 1 aliphatic heterocycles. The third-order valence-corrected chi connectivity index (χ3v) is 3.26. The molecule has 5 nitrogen and oxygen atoms in total. The van der Waals surface area contributed by atoms with Crippen LogP contribution in [0.3, 0.4) is 0 Å². The number of rotatable bonds is 1. The van der Waals surface area contributed by atoms with Crippen LogP contribution >= 0.6 is 0 Å². The summed E-state index contributed by atoms with van der Waals surface area (Å²) < 4.78 is 0. The van der Waals surface area contributed by atoms with Crippen molar-refractivity contribution in [2.24, 2.45) is 0 Å². The molecule has 1 fully saturated rings. The van der Waals surface area contributed by atoms with E-state index in [0.717, 1.165) is 11.3 Å². The Balaban J connectivity index is 2.50. The van der Waals surface area contributed by atoms with Crippen LogP contribution in [0.25, 0.3) is 0 Å². The van der Waals surface area contributed by atoms with Gasteiger partial charge in [0.2, 0.25) is 5.91 Å². The minimum atomic E-state index is -0.796. The quantitative estimate of drug-likeness (QED) is 0.569. The zero-order chi connectivity index (χ0) is 13.5. The normalized spacial score (nSPS) is 18.7. The number of nitrogen functional groups attached to an aromatic ring is 1. The number of hydrogen-bond acceptors (Lipinski definition) is 4. The zero-order valence-corrected chi connectivity index (χ0v) is 10.8. The molecule has 0 atom stereocenters. The molecular formula is C13H17N3O2. The SMILES string of the molecule is Cc1ccc(N)c(N2CC(=O)NC(=O)C2(C)C)c1. The summed E-state index contributed by atoms with van der Waals surface area (Å²) in [6, 6.07) is 5.58. The second kappa shape index (κ2) is 4.01. The molecule has 1 aromatic rings. The van der Waals surface area contributed by atoms with Crippen LogP contribution in [-0.4, -0.2) is 23.9 Å². The standard InChI is InChI=1S/C13H17N3O2/c1-8-4-5-9(14)10(6-8)16-7-11(17)15-12(18)13(16,2)3/h4-6H,7,14H2,1-3H3,(H,15,17,18). The number of nitrogens with two attached hydrogens (primary N) is 1. The molecule has 0 saturated carbocycles. The lowest BCUT2D eigenvalue weighted by Gasteiger charge is -2.42. The average Bonchev–Trinajstić information content (AvgIpc) is 2.27. The zero-order valence-electron chi connectivity index (χ0n) is 10.8. The summed E-state index contributed by atoms with van der Waals surface area (Å²) in [4.78, 5) is 25.2. The smallest absolute Gasteiger partial charge is 0.251 e. The van der Waals surface area contributed by atoms with Gasteiger partial charge in [-0.25, -0.2) is 0 Å². The van der Waals surface area contributed by atoms with Crippen LogP contribution in [-0.2, 0) is 9.59 Å². The highest BCUT2D eigenvalue weighted by Crippen LogP contribution is 2.31. The number of carbonyl (C=O) groups is 2. The maximum Gasteiger partial charge on any atom is 0.251 e. The second-order valence-electron chi connectivity index (χ2n) is 5.08. The van der Waals surface area contributed by atoms with Gasteiger partial charge in [0.1, 0.15) is 5.54 Å². The van der Waals surface area contributed by atoms with E-state index in [4.69, 9.17) is 5.73 Å². The molecule has 18 heavy (non-hydrogen) atoms. The van der Waals surface area contributed by atoms with Gasteiger partial charge in [0.15, 0.2) is 0 Å². The Morgan fingerprint density at radius 1 is 1.33 bits per heavy atom. The number of carbonyl (C=O) groups excluding carboxylic acids is 2. The van der Waals surface area contributed by atoms with Crippen molar-refractivity contribution < 1.29 is 9.59 Å². The lowest BCUT2D eigenvalue weighted by atomic mass is 9.97. The van der Waals surface area contributed by atoms with E-state index in [0.29, 0.717) is 5.69 Å². The molecule has 0 radical (unpaired) electrons. The van der Waals surface area contributed by atoms with Gasteiger partial charge in [0.25, 0.3) is 5.91 Å². The molecule has 5 heteroatoms. The van der Waals surface area contributed by atoms with Crippen molar-refractivity contribution >= 4 is 23.2 Å². The Bertz CT molecular complexity index is 523. The Hall–Kier alpha value is -2.04. The fraction of sp³-hybridized carbons (Fsp3) is 0.385. The van der Waals surface area contributed by atoms with E-state index < -0.39 is 5.54 Å². The third kappa shape index (κ3) is 1.92. The molecule has 96 valence electrons. The predicted octanol–water partition coefficient (Wildman–Crippen LogP) is 0.819. The van der Waals surface area contributed by atoms with E-state index in [1.807, 2.05) is 19.1 Å². The maximum atomic E-state index is 11.9. The number of amides is 2. The Morgan fingerprint density at radius 3 is 2.67 bits per heavy atom. The summed E-state index contributed by atoms with van der Waals surface area (Å²) in [6.07, 6.45) is 0. The van der Waals surface area contributed by atoms with Gasteiger partial charge in [-0.05, 0) is 38.5 Å². The van der Waals surface area contributed by atoms with Crippen molar-refractivity contribution in [1.29, 1.82) is 0 Å². The molecule has 0 aliphatic carbocycles. The molecule has 2 rings (SSSR count). The van der Waals surface area contributed by atoms with Crippen molar-refractivity contribution in [3.8, 4) is 0 Å². The van der Waals surface area contributed by atoms with Crippen molar-refractivity contribution in [3.63, 3.8) is 0 Å². The largest absolute Gasteiger partial charge is 0.397 e. The summed E-state index contributed by atoms with van der Waals surface area (Å²) in [6.45, 7) is 5.63. The van der Waals surface area contributed by atoms with E-state index in [1.54, 1.807) is 24.8 Å². The highest BCUT2D eigenvalue weighted by Gasteiger charge is 2.41. The summed E-state index contributed by atoms with van der Waals surface area (Å²) >= 11 is 0. The lowest BCUT2D eigenvalue weighted by molar-refractivity contribution is -0.135. The van der Waals surface area contributed by atoms with Gasteiger partial charge < -0.3 is 10.6 Å². The Morgan fingerprint density at radius 2 is 2.00 bits per heavy atom. The first-order valence-corrected chi connectivity index (χ1v) is 5.80. The van der Waals surface area contributed by atoms with Crippen LogP contribution in [0.4, 0.5) is 11.4 Å². The van der Waals surface area contributed by atoms with Gasteiger partial charge in [-0.2, -0.15) is 0 Å². The van der Waals surface area contributed by atoms with Crippen LogP contribution in [0, 0.1) is 6.92 Å². The van der Waals surface area contributed by atoms with Crippen molar-refractivity contribution in [2.45, 2.75) is 26.3 Å². The predicted molar refractivity (Wildman–Crippen MR) is 70.2 cm³/mol. The van der Waals surface area contributed by atoms with Gasteiger partial charge in [0.05, 0.1) is 17.9 Å². The highest BCUT2D eigenvalue weighted by molar-refractivity contribution is 6.07. The van der Waals surface area contributed by atoms with Gasteiger partial charge in [0, 0.05) is 0 Å². The minimum absolute atomic E-state index is 0.131. The fourth-order valence-corrected chi connectivity index (χ4v) is 2.06. The molecule has 2 amide bonds. The van der Waals surface area contributed by atoms with Crippen molar-refractivity contribution in [3.05, 3.63) is 23.8 Å². The van der Waals surface area contributed by atoms with Gasteiger partial charge in [-0.15, -0.1) is 0 Å². The van der Waals surface area contributed by atoms with E-state index in [9.17, 15) is 9.59 Å². The van der Waals surface area contributed by atoms with Gasteiger partial charge in [-0.3, -0.25) is 14.9 Å². The minimum Gasteiger partial charge on any atom is -0.397 e. The topological polar surface area (TPSA) is 75.4 Å². The van der Waals surface area contributed by atoms with Gasteiger partial charge >= 0.3 is 0 Å². The Labute approximate surface area is 106 Å². The molecule has 0 spiro atoms. The molecule has 1 saturated heterocycles. The highest BCUT2D eigenvalue weighted by atomic mass is 16.2. The molecule has 1 aliphatic rings. The summed E-state index contributed by atoms with van der Waals surface area (Å²) in [5, 5.41) is 2.34. The third-order valence-electron chi connectivity index (χ3n) is 3.26.